The van der Waals surface area contributed by atoms with Crippen LogP contribution in [0.3, 0.4) is 0 Å². The lowest BCUT2D eigenvalue weighted by atomic mass is 9.86. The van der Waals surface area contributed by atoms with E-state index < -0.39 is 5.97 Å². The number of benzene rings is 3. The number of hydrogen-bond acceptors (Lipinski definition) is 3. The molecule has 4 aromatic rings. The fourth-order valence-electron chi connectivity index (χ4n) is 5.10. The van der Waals surface area contributed by atoms with Crippen LogP contribution in [-0.2, 0) is 11.3 Å². The van der Waals surface area contributed by atoms with Crippen molar-refractivity contribution in [2.45, 2.75) is 45.2 Å². The molecule has 6 nitrogen and oxygen atoms in total. The van der Waals surface area contributed by atoms with Crippen LogP contribution in [0.2, 0.25) is 0 Å². The predicted molar refractivity (Wildman–Crippen MR) is 144 cm³/mol. The highest BCUT2D eigenvalue weighted by Gasteiger charge is 2.27. The van der Waals surface area contributed by atoms with Crippen molar-refractivity contribution in [1.82, 2.24) is 15.1 Å². The first-order valence-corrected chi connectivity index (χ1v) is 12.6. The molecule has 1 heterocycles. The van der Waals surface area contributed by atoms with Crippen molar-refractivity contribution in [3.63, 3.8) is 0 Å². The first-order valence-electron chi connectivity index (χ1n) is 12.6. The van der Waals surface area contributed by atoms with E-state index in [2.05, 4.69) is 58.7 Å². The molecule has 0 radical (unpaired) electrons. The maximum absolute atomic E-state index is 13.4. The van der Waals surface area contributed by atoms with E-state index in [1.54, 1.807) is 13.1 Å². The highest BCUT2D eigenvalue weighted by molar-refractivity contribution is 6.07. The van der Waals surface area contributed by atoms with E-state index in [1.807, 2.05) is 35.0 Å². The Morgan fingerprint density at radius 1 is 0.973 bits per heavy atom. The second kappa shape index (κ2) is 10.7. The summed E-state index contributed by atoms with van der Waals surface area (Å²) >= 11 is 0. The van der Waals surface area contributed by atoms with Gasteiger partial charge >= 0.3 is 5.97 Å². The third kappa shape index (κ3) is 5.26. The van der Waals surface area contributed by atoms with Crippen molar-refractivity contribution >= 4 is 22.8 Å². The summed E-state index contributed by atoms with van der Waals surface area (Å²) in [6, 6.07) is 22.3. The summed E-state index contributed by atoms with van der Waals surface area (Å²) in [5.74, 6) is 4.84. The molecule has 0 atom stereocenters. The molecule has 0 bridgehead atoms. The Balaban J connectivity index is 1.42. The molecule has 5 rings (SSSR count). The fourth-order valence-corrected chi connectivity index (χ4v) is 5.10. The highest BCUT2D eigenvalue weighted by Crippen LogP contribution is 2.27. The van der Waals surface area contributed by atoms with Crippen molar-refractivity contribution in [2.24, 2.45) is 5.92 Å². The van der Waals surface area contributed by atoms with Crippen LogP contribution < -0.4 is 5.32 Å². The summed E-state index contributed by atoms with van der Waals surface area (Å²) in [6.45, 7) is 2.31. The summed E-state index contributed by atoms with van der Waals surface area (Å²) in [4.78, 5) is 24.7. The monoisotopic (exact) mass is 491 g/mol. The third-order valence-corrected chi connectivity index (χ3v) is 7.11. The lowest BCUT2D eigenvalue weighted by molar-refractivity contribution is -0.142. The third-order valence-electron chi connectivity index (χ3n) is 7.11. The van der Waals surface area contributed by atoms with Crippen molar-refractivity contribution in [3.05, 3.63) is 89.6 Å². The Hall–Kier alpha value is -4.37. The Morgan fingerprint density at radius 3 is 2.35 bits per heavy atom. The average molecular weight is 492 g/mol. The molecule has 3 aromatic carbocycles. The minimum absolute atomic E-state index is 0.0323. The number of carbonyl (C=O) groups is 2. The molecule has 6 heteroatoms. The number of aliphatic carboxylic acids is 1. The van der Waals surface area contributed by atoms with Gasteiger partial charge in [0, 0.05) is 17.0 Å². The standard InChI is InChI=1S/C31H29N3O3/c1-2-6-24-15-18-27(30(35)33-26-16-13-25(14-17-26)31(36)37)29-28(24)19-32-34(29)20-21-9-11-23(12-10-21)22-7-4-3-5-8-22/h3-5,7-12,15,18-19,25-26H,13-14,16-17,20H2,1H3,(H,33,35)(H,36,37). The smallest absolute Gasteiger partial charge is 0.306 e. The minimum atomic E-state index is -0.750. The summed E-state index contributed by atoms with van der Waals surface area (Å²) in [7, 11) is 0. The molecule has 1 aliphatic rings. The maximum atomic E-state index is 13.4. The van der Waals surface area contributed by atoms with Crippen LogP contribution in [0, 0.1) is 17.8 Å². The van der Waals surface area contributed by atoms with Crippen molar-refractivity contribution in [1.29, 1.82) is 0 Å². The number of carbonyl (C=O) groups excluding carboxylic acids is 1. The fraction of sp³-hybridized carbons (Fsp3) is 0.258. The van der Waals surface area contributed by atoms with Gasteiger partial charge in [0.2, 0.25) is 0 Å². The lowest BCUT2D eigenvalue weighted by Crippen LogP contribution is -2.38. The van der Waals surface area contributed by atoms with Gasteiger partial charge < -0.3 is 10.4 Å². The van der Waals surface area contributed by atoms with E-state index in [1.165, 1.54) is 0 Å². The van der Waals surface area contributed by atoms with Crippen LogP contribution in [0.15, 0.2) is 72.9 Å². The van der Waals surface area contributed by atoms with Gasteiger partial charge in [0.15, 0.2) is 0 Å². The van der Waals surface area contributed by atoms with Gasteiger partial charge in [-0.05, 0) is 61.4 Å². The van der Waals surface area contributed by atoms with E-state index in [0.29, 0.717) is 37.8 Å². The quantitative estimate of drug-likeness (QED) is 0.349. The number of carboxylic acids is 1. The molecule has 1 amide bonds. The second-order valence-corrected chi connectivity index (χ2v) is 9.52. The first kappa shape index (κ1) is 24.3. The Bertz CT molecular complexity index is 1490. The largest absolute Gasteiger partial charge is 0.481 e. The number of hydrogen-bond donors (Lipinski definition) is 2. The Kier molecular flexibility index (Phi) is 7.04. The number of carboxylic acid groups (broad SMARTS) is 1. The zero-order chi connectivity index (χ0) is 25.8. The predicted octanol–water partition coefficient (Wildman–Crippen LogP) is 5.50. The lowest BCUT2D eigenvalue weighted by Gasteiger charge is -2.27. The molecule has 1 saturated carbocycles. The molecule has 0 aliphatic heterocycles. The van der Waals surface area contributed by atoms with Gasteiger partial charge in [0.25, 0.3) is 5.91 Å². The van der Waals surface area contributed by atoms with E-state index in [4.69, 9.17) is 0 Å². The van der Waals surface area contributed by atoms with E-state index in [-0.39, 0.29) is 17.9 Å². The summed E-state index contributed by atoms with van der Waals surface area (Å²) in [5.41, 5.74) is 5.53. The van der Waals surface area contributed by atoms with Crippen LogP contribution >= 0.6 is 0 Å². The van der Waals surface area contributed by atoms with Crippen molar-refractivity contribution < 1.29 is 14.7 Å². The van der Waals surface area contributed by atoms with E-state index in [9.17, 15) is 14.7 Å². The zero-order valence-corrected chi connectivity index (χ0v) is 20.8. The number of nitrogens with zero attached hydrogens (tertiary/aromatic N) is 2. The van der Waals surface area contributed by atoms with Gasteiger partial charge in [-0.25, -0.2) is 0 Å². The number of aromatic nitrogens is 2. The molecule has 1 fully saturated rings. The molecular weight excluding hydrogens is 462 g/mol. The minimum Gasteiger partial charge on any atom is -0.481 e. The van der Waals surface area contributed by atoms with Gasteiger partial charge in [-0.15, -0.1) is 5.92 Å². The number of fused-ring (bicyclic) bond motifs is 1. The number of nitrogens with one attached hydrogen (secondary N) is 1. The van der Waals surface area contributed by atoms with Gasteiger partial charge in [-0.2, -0.15) is 5.10 Å². The van der Waals surface area contributed by atoms with Crippen molar-refractivity contribution in [2.75, 3.05) is 0 Å². The van der Waals surface area contributed by atoms with Crippen LogP contribution in [-0.4, -0.2) is 32.8 Å². The molecular formula is C31H29N3O3. The summed E-state index contributed by atoms with van der Waals surface area (Å²) in [5, 5.41) is 17.9. The van der Waals surface area contributed by atoms with Crippen LogP contribution in [0.1, 0.15) is 54.1 Å². The van der Waals surface area contributed by atoms with Gasteiger partial charge in [0.05, 0.1) is 29.7 Å². The van der Waals surface area contributed by atoms with Crippen LogP contribution in [0.4, 0.5) is 0 Å². The molecule has 1 aliphatic carbocycles. The molecule has 0 saturated heterocycles. The summed E-state index contributed by atoms with van der Waals surface area (Å²) < 4.78 is 1.87. The maximum Gasteiger partial charge on any atom is 0.306 e. The zero-order valence-electron chi connectivity index (χ0n) is 20.8. The summed E-state index contributed by atoms with van der Waals surface area (Å²) in [6.07, 6.45) is 4.27. The van der Waals surface area contributed by atoms with Crippen LogP contribution in [0.25, 0.3) is 22.0 Å². The Labute approximate surface area is 216 Å². The SMILES string of the molecule is CC#Cc1ccc(C(=O)NC2CCC(C(=O)O)CC2)c2c1cnn2Cc1ccc(-c2ccccc2)cc1. The molecule has 37 heavy (non-hydrogen) atoms. The topological polar surface area (TPSA) is 84.2 Å². The molecule has 186 valence electrons. The van der Waals surface area contributed by atoms with Crippen LogP contribution in [0.5, 0.6) is 0 Å². The molecule has 0 spiro atoms. The second-order valence-electron chi connectivity index (χ2n) is 9.52. The molecule has 0 unspecified atom stereocenters. The normalized spacial score (nSPS) is 17.1. The Morgan fingerprint density at radius 2 is 1.68 bits per heavy atom. The number of amides is 1. The van der Waals surface area contributed by atoms with Gasteiger partial charge in [-0.1, -0.05) is 60.5 Å². The van der Waals surface area contributed by atoms with Gasteiger partial charge in [0.1, 0.15) is 0 Å². The van der Waals surface area contributed by atoms with Crippen molar-refractivity contribution in [3.8, 4) is 23.0 Å². The molecule has 2 N–H and O–H groups in total. The van der Waals surface area contributed by atoms with E-state index in [0.717, 1.165) is 33.2 Å². The highest BCUT2D eigenvalue weighted by atomic mass is 16.4. The van der Waals surface area contributed by atoms with E-state index >= 15 is 0 Å². The first-order chi connectivity index (χ1) is 18.0. The molecule has 1 aromatic heterocycles. The average Bonchev–Trinajstić information content (AvgIpc) is 3.34. The number of rotatable bonds is 6. The van der Waals surface area contributed by atoms with Gasteiger partial charge in [-0.3, -0.25) is 14.3 Å².